The number of amides is 1. The summed E-state index contributed by atoms with van der Waals surface area (Å²) < 4.78 is 30.2. The van der Waals surface area contributed by atoms with Gasteiger partial charge in [-0.05, 0) is 24.3 Å². The van der Waals surface area contributed by atoms with Crippen molar-refractivity contribution in [2.24, 2.45) is 7.05 Å². The van der Waals surface area contributed by atoms with Crippen LogP contribution in [-0.2, 0) is 16.9 Å². The molecule has 8 nitrogen and oxygen atoms in total. The molecule has 0 bridgehead atoms. The molecule has 0 aliphatic carbocycles. The van der Waals surface area contributed by atoms with Crippen LogP contribution in [0.3, 0.4) is 0 Å². The van der Waals surface area contributed by atoms with E-state index in [2.05, 4.69) is 15.4 Å². The van der Waals surface area contributed by atoms with Crippen LogP contribution >= 0.6 is 0 Å². The Labute approximate surface area is 150 Å². The Balaban J connectivity index is 1.82. The number of aromatic nitrogens is 3. The third-order valence-electron chi connectivity index (χ3n) is 3.40. The highest BCUT2D eigenvalue weighted by Crippen LogP contribution is 2.26. The zero-order chi connectivity index (χ0) is 18.7. The van der Waals surface area contributed by atoms with Crippen molar-refractivity contribution in [3.05, 3.63) is 60.4 Å². The van der Waals surface area contributed by atoms with Crippen molar-refractivity contribution in [3.63, 3.8) is 0 Å². The summed E-state index contributed by atoms with van der Waals surface area (Å²) in [6.45, 7) is 0. The van der Waals surface area contributed by atoms with E-state index in [0.29, 0.717) is 22.9 Å². The first kappa shape index (κ1) is 17.6. The number of anilines is 1. The topological polar surface area (TPSA) is 103 Å². The lowest BCUT2D eigenvalue weighted by Gasteiger charge is -2.10. The number of nitrogens with one attached hydrogen (secondary N) is 1. The van der Waals surface area contributed by atoms with Gasteiger partial charge in [0.2, 0.25) is 0 Å². The lowest BCUT2D eigenvalue weighted by Crippen LogP contribution is -2.13. The van der Waals surface area contributed by atoms with E-state index in [4.69, 9.17) is 4.74 Å². The van der Waals surface area contributed by atoms with Crippen LogP contribution < -0.4 is 10.1 Å². The standard InChI is InChI=1S/C17H16N4O4S/c1-21-10-9-15(20-21)19-17(22)13-5-3-4-6-14(13)25-12-7-8-16(18-11-12)26(2,23)24/h3-11H,1-2H3,(H,19,20,22). The first-order valence-corrected chi connectivity index (χ1v) is 9.46. The molecule has 0 unspecified atom stereocenters. The molecule has 2 aromatic heterocycles. The van der Waals surface area contributed by atoms with Crippen LogP contribution in [0.1, 0.15) is 10.4 Å². The summed E-state index contributed by atoms with van der Waals surface area (Å²) in [5.74, 6) is 0.678. The Morgan fingerprint density at radius 2 is 1.92 bits per heavy atom. The van der Waals surface area contributed by atoms with E-state index in [9.17, 15) is 13.2 Å². The maximum atomic E-state index is 12.5. The number of nitrogens with zero attached hydrogens (tertiary/aromatic N) is 3. The Kier molecular flexibility index (Phi) is 4.72. The first-order chi connectivity index (χ1) is 12.3. The molecule has 0 aliphatic rings. The molecule has 0 saturated carbocycles. The lowest BCUT2D eigenvalue weighted by molar-refractivity contribution is 0.102. The summed E-state index contributed by atoms with van der Waals surface area (Å²) in [4.78, 5) is 16.3. The largest absolute Gasteiger partial charge is 0.455 e. The minimum absolute atomic E-state index is 0.0500. The number of hydrogen-bond donors (Lipinski definition) is 1. The summed E-state index contributed by atoms with van der Waals surface area (Å²) >= 11 is 0. The number of rotatable bonds is 5. The first-order valence-electron chi connectivity index (χ1n) is 7.57. The van der Waals surface area contributed by atoms with Gasteiger partial charge in [-0.15, -0.1) is 0 Å². The number of carbonyl (C=O) groups excluding carboxylic acids is 1. The van der Waals surface area contributed by atoms with Gasteiger partial charge >= 0.3 is 0 Å². The number of benzene rings is 1. The summed E-state index contributed by atoms with van der Waals surface area (Å²) in [6, 6.07) is 11.2. The van der Waals surface area contributed by atoms with Gasteiger partial charge in [0.1, 0.15) is 11.5 Å². The molecule has 3 aromatic rings. The molecule has 9 heteroatoms. The quantitative estimate of drug-likeness (QED) is 0.737. The number of aryl methyl sites for hydroxylation is 1. The zero-order valence-electron chi connectivity index (χ0n) is 14.1. The molecule has 0 aliphatic heterocycles. The van der Waals surface area contributed by atoms with Crippen molar-refractivity contribution < 1.29 is 17.9 Å². The molecule has 0 saturated heterocycles. The highest BCUT2D eigenvalue weighted by atomic mass is 32.2. The third-order valence-corrected chi connectivity index (χ3v) is 4.41. The third kappa shape index (κ3) is 4.06. The van der Waals surface area contributed by atoms with Gasteiger partial charge in [-0.3, -0.25) is 9.48 Å². The van der Waals surface area contributed by atoms with Crippen LogP contribution in [0.15, 0.2) is 59.9 Å². The molecule has 2 heterocycles. The Morgan fingerprint density at radius 3 is 2.54 bits per heavy atom. The Morgan fingerprint density at radius 1 is 1.15 bits per heavy atom. The number of ether oxygens (including phenoxy) is 1. The number of pyridine rings is 1. The monoisotopic (exact) mass is 372 g/mol. The molecular weight excluding hydrogens is 356 g/mol. The molecule has 0 radical (unpaired) electrons. The van der Waals surface area contributed by atoms with Gasteiger partial charge in [0.05, 0.1) is 11.8 Å². The highest BCUT2D eigenvalue weighted by molar-refractivity contribution is 7.90. The van der Waals surface area contributed by atoms with Crippen molar-refractivity contribution in [2.75, 3.05) is 11.6 Å². The van der Waals surface area contributed by atoms with Crippen LogP contribution in [0.5, 0.6) is 11.5 Å². The summed E-state index contributed by atoms with van der Waals surface area (Å²) in [6.07, 6.45) is 4.09. The molecule has 0 fully saturated rings. The highest BCUT2D eigenvalue weighted by Gasteiger charge is 2.15. The second-order valence-corrected chi connectivity index (χ2v) is 7.49. The zero-order valence-corrected chi connectivity index (χ0v) is 14.9. The SMILES string of the molecule is Cn1ccc(NC(=O)c2ccccc2Oc2ccc(S(C)(=O)=O)nc2)n1. The molecule has 1 aromatic carbocycles. The summed E-state index contributed by atoms with van der Waals surface area (Å²) in [5.41, 5.74) is 0.311. The molecule has 1 amide bonds. The number of para-hydroxylation sites is 1. The van der Waals surface area contributed by atoms with Gasteiger partial charge < -0.3 is 10.1 Å². The van der Waals surface area contributed by atoms with Crippen LogP contribution in [0, 0.1) is 0 Å². The van der Waals surface area contributed by atoms with E-state index >= 15 is 0 Å². The fourth-order valence-corrected chi connectivity index (χ4v) is 2.74. The van der Waals surface area contributed by atoms with Crippen molar-refractivity contribution in [2.45, 2.75) is 5.03 Å². The fraction of sp³-hybridized carbons (Fsp3) is 0.118. The van der Waals surface area contributed by atoms with Crippen LogP contribution in [0.4, 0.5) is 5.82 Å². The predicted octanol–water partition coefficient (Wildman–Crippen LogP) is 2.26. The van der Waals surface area contributed by atoms with Gasteiger partial charge in [-0.1, -0.05) is 12.1 Å². The van der Waals surface area contributed by atoms with Crippen LogP contribution in [0.2, 0.25) is 0 Å². The maximum Gasteiger partial charge on any atom is 0.260 e. The fourth-order valence-electron chi connectivity index (χ4n) is 2.18. The Hall–Kier alpha value is -3.20. The second-order valence-electron chi connectivity index (χ2n) is 5.53. The van der Waals surface area contributed by atoms with E-state index in [-0.39, 0.29) is 10.9 Å². The van der Waals surface area contributed by atoms with Crippen molar-refractivity contribution >= 4 is 21.6 Å². The van der Waals surface area contributed by atoms with Gasteiger partial charge in [0.25, 0.3) is 5.91 Å². The van der Waals surface area contributed by atoms with Crippen molar-refractivity contribution in [1.29, 1.82) is 0 Å². The molecule has 26 heavy (non-hydrogen) atoms. The van der Waals surface area contributed by atoms with Crippen molar-refractivity contribution in [3.8, 4) is 11.5 Å². The maximum absolute atomic E-state index is 12.5. The lowest BCUT2D eigenvalue weighted by atomic mass is 10.2. The minimum atomic E-state index is -3.39. The smallest absolute Gasteiger partial charge is 0.260 e. The summed E-state index contributed by atoms with van der Waals surface area (Å²) in [5, 5.41) is 6.74. The molecule has 1 N–H and O–H groups in total. The van der Waals surface area contributed by atoms with E-state index in [1.165, 1.54) is 18.3 Å². The van der Waals surface area contributed by atoms with Gasteiger partial charge in [-0.25, -0.2) is 13.4 Å². The molecule has 3 rings (SSSR count). The van der Waals surface area contributed by atoms with Crippen LogP contribution in [0.25, 0.3) is 0 Å². The number of hydrogen-bond acceptors (Lipinski definition) is 6. The average molecular weight is 372 g/mol. The molecular formula is C17H16N4O4S. The number of sulfone groups is 1. The predicted molar refractivity (Wildman–Crippen MR) is 95.0 cm³/mol. The molecule has 0 atom stereocenters. The van der Waals surface area contributed by atoms with E-state index in [1.54, 1.807) is 48.3 Å². The van der Waals surface area contributed by atoms with Gasteiger partial charge in [0.15, 0.2) is 20.7 Å². The molecule has 0 spiro atoms. The van der Waals surface area contributed by atoms with Gasteiger partial charge in [-0.2, -0.15) is 5.10 Å². The summed E-state index contributed by atoms with van der Waals surface area (Å²) in [7, 11) is -1.64. The van der Waals surface area contributed by atoms with Crippen molar-refractivity contribution in [1.82, 2.24) is 14.8 Å². The van der Waals surface area contributed by atoms with Crippen LogP contribution in [-0.4, -0.2) is 35.3 Å². The Bertz CT molecular complexity index is 1040. The van der Waals surface area contributed by atoms with E-state index < -0.39 is 9.84 Å². The normalized spacial score (nSPS) is 11.2. The van der Waals surface area contributed by atoms with E-state index in [1.807, 2.05) is 0 Å². The second kappa shape index (κ2) is 6.96. The average Bonchev–Trinajstić information content (AvgIpc) is 3.00. The number of carbonyl (C=O) groups is 1. The van der Waals surface area contributed by atoms with Gasteiger partial charge in [0, 0.05) is 25.6 Å². The van der Waals surface area contributed by atoms with E-state index in [0.717, 1.165) is 6.26 Å². The minimum Gasteiger partial charge on any atom is -0.455 e. The molecule has 134 valence electrons.